The predicted molar refractivity (Wildman–Crippen MR) is 82.3 cm³/mol. The zero-order valence-corrected chi connectivity index (χ0v) is 13.3. The fourth-order valence-electron chi connectivity index (χ4n) is 2.71. The molecule has 1 aromatic heterocycles. The first-order valence-electron chi connectivity index (χ1n) is 7.46. The Morgan fingerprint density at radius 2 is 2.09 bits per heavy atom. The summed E-state index contributed by atoms with van der Waals surface area (Å²) in [7, 11) is 0. The summed E-state index contributed by atoms with van der Waals surface area (Å²) in [6, 6.07) is 3.51. The standard InChI is InChI=1S/C15H18ClF3N4/c16-13-7-12(8-20)9-22-14(13)21-4-1-11-2-5-23(6-3-11)10-15(17,18)19/h7,9,11H,1-6,10H2,(H,21,22). The van der Waals surface area contributed by atoms with E-state index in [1.165, 1.54) is 11.1 Å². The number of halogens is 4. The average molecular weight is 347 g/mol. The van der Waals surface area contributed by atoms with Gasteiger partial charge in [-0.05, 0) is 44.3 Å². The van der Waals surface area contributed by atoms with E-state index in [0.717, 1.165) is 19.3 Å². The summed E-state index contributed by atoms with van der Waals surface area (Å²) < 4.78 is 37.0. The molecule has 0 aliphatic carbocycles. The molecule has 0 unspecified atom stereocenters. The number of rotatable bonds is 5. The molecule has 0 amide bonds. The van der Waals surface area contributed by atoms with Crippen LogP contribution in [0.1, 0.15) is 24.8 Å². The van der Waals surface area contributed by atoms with Gasteiger partial charge in [0.05, 0.1) is 17.1 Å². The van der Waals surface area contributed by atoms with E-state index < -0.39 is 12.7 Å². The lowest BCUT2D eigenvalue weighted by atomic mass is 9.93. The number of piperidine rings is 1. The molecule has 0 atom stereocenters. The van der Waals surface area contributed by atoms with E-state index in [2.05, 4.69) is 10.3 Å². The minimum atomic E-state index is -4.12. The highest BCUT2D eigenvalue weighted by molar-refractivity contribution is 6.33. The van der Waals surface area contributed by atoms with E-state index >= 15 is 0 Å². The van der Waals surface area contributed by atoms with Crippen LogP contribution in [0.4, 0.5) is 19.0 Å². The first kappa shape index (κ1) is 17.8. The van der Waals surface area contributed by atoms with Crippen molar-refractivity contribution < 1.29 is 13.2 Å². The Labute approximate surface area is 138 Å². The van der Waals surface area contributed by atoms with Gasteiger partial charge < -0.3 is 5.32 Å². The normalized spacial score (nSPS) is 17.0. The van der Waals surface area contributed by atoms with Crippen LogP contribution in [0, 0.1) is 17.2 Å². The Morgan fingerprint density at radius 1 is 1.39 bits per heavy atom. The van der Waals surface area contributed by atoms with Crippen molar-refractivity contribution in [3.8, 4) is 6.07 Å². The zero-order valence-electron chi connectivity index (χ0n) is 12.5. The van der Waals surface area contributed by atoms with Crippen LogP contribution >= 0.6 is 11.6 Å². The highest BCUT2D eigenvalue weighted by Crippen LogP contribution is 2.25. The van der Waals surface area contributed by atoms with Gasteiger partial charge in [-0.1, -0.05) is 11.6 Å². The number of anilines is 1. The minimum Gasteiger partial charge on any atom is -0.369 e. The lowest BCUT2D eigenvalue weighted by Gasteiger charge is -2.32. The van der Waals surface area contributed by atoms with Crippen LogP contribution in [0.3, 0.4) is 0 Å². The molecule has 0 aromatic carbocycles. The Balaban J connectivity index is 1.71. The second kappa shape index (κ2) is 7.84. The number of nitrogens with one attached hydrogen (secondary N) is 1. The molecule has 2 rings (SSSR count). The zero-order chi connectivity index (χ0) is 16.9. The molecule has 1 saturated heterocycles. The van der Waals surface area contributed by atoms with Crippen molar-refractivity contribution in [1.82, 2.24) is 9.88 Å². The fraction of sp³-hybridized carbons (Fsp3) is 0.600. The van der Waals surface area contributed by atoms with Gasteiger partial charge in [0, 0.05) is 12.7 Å². The van der Waals surface area contributed by atoms with Crippen LogP contribution in [-0.2, 0) is 0 Å². The fourth-order valence-corrected chi connectivity index (χ4v) is 2.94. The molecule has 1 N–H and O–H groups in total. The number of nitriles is 1. The monoisotopic (exact) mass is 346 g/mol. The molecule has 2 heterocycles. The van der Waals surface area contributed by atoms with Gasteiger partial charge in [0.2, 0.25) is 0 Å². The molecular weight excluding hydrogens is 329 g/mol. The molecule has 1 aliphatic rings. The third-order valence-corrected chi connectivity index (χ3v) is 4.21. The molecule has 0 spiro atoms. The summed E-state index contributed by atoms with van der Waals surface area (Å²) in [6.07, 6.45) is -0.271. The molecule has 8 heteroatoms. The van der Waals surface area contributed by atoms with Crippen LogP contribution in [-0.4, -0.2) is 42.2 Å². The van der Waals surface area contributed by atoms with Crippen molar-refractivity contribution in [2.24, 2.45) is 5.92 Å². The van der Waals surface area contributed by atoms with Gasteiger partial charge >= 0.3 is 6.18 Å². The molecule has 1 aromatic rings. The molecule has 1 aliphatic heterocycles. The highest BCUT2D eigenvalue weighted by Gasteiger charge is 2.32. The van der Waals surface area contributed by atoms with E-state index in [0.29, 0.717) is 42.0 Å². The van der Waals surface area contributed by atoms with E-state index in [1.54, 1.807) is 6.07 Å². The van der Waals surface area contributed by atoms with E-state index in [4.69, 9.17) is 16.9 Å². The topological polar surface area (TPSA) is 52.0 Å². The average Bonchev–Trinajstić information content (AvgIpc) is 2.49. The number of pyridine rings is 1. The number of aromatic nitrogens is 1. The quantitative estimate of drug-likeness (QED) is 0.883. The lowest BCUT2D eigenvalue weighted by molar-refractivity contribution is -0.148. The van der Waals surface area contributed by atoms with E-state index in [1.807, 2.05) is 6.07 Å². The second-order valence-corrected chi connectivity index (χ2v) is 6.12. The Hall–Kier alpha value is -1.52. The largest absolute Gasteiger partial charge is 0.401 e. The molecule has 126 valence electrons. The van der Waals surface area contributed by atoms with Crippen molar-refractivity contribution in [1.29, 1.82) is 5.26 Å². The van der Waals surface area contributed by atoms with Crippen LogP contribution < -0.4 is 5.32 Å². The molecule has 0 bridgehead atoms. The maximum absolute atomic E-state index is 12.3. The Bertz CT molecular complexity index is 563. The van der Waals surface area contributed by atoms with E-state index in [9.17, 15) is 13.2 Å². The van der Waals surface area contributed by atoms with Gasteiger partial charge in [-0.3, -0.25) is 4.90 Å². The molecule has 23 heavy (non-hydrogen) atoms. The maximum atomic E-state index is 12.3. The van der Waals surface area contributed by atoms with Crippen LogP contribution in [0.25, 0.3) is 0 Å². The predicted octanol–water partition coefficient (Wildman–Crippen LogP) is 3.68. The summed E-state index contributed by atoms with van der Waals surface area (Å²) in [6.45, 7) is 0.811. The van der Waals surface area contributed by atoms with Crippen molar-refractivity contribution >= 4 is 17.4 Å². The van der Waals surface area contributed by atoms with Gasteiger partial charge in [0.25, 0.3) is 0 Å². The lowest BCUT2D eigenvalue weighted by Crippen LogP contribution is -2.40. The number of hydrogen-bond acceptors (Lipinski definition) is 4. The summed E-state index contributed by atoms with van der Waals surface area (Å²) in [5, 5.41) is 12.3. The Morgan fingerprint density at radius 3 is 2.65 bits per heavy atom. The number of hydrogen-bond donors (Lipinski definition) is 1. The summed E-state index contributed by atoms with van der Waals surface area (Å²) in [5.41, 5.74) is 0.401. The SMILES string of the molecule is N#Cc1cnc(NCCC2CCN(CC(F)(F)F)CC2)c(Cl)c1. The first-order chi connectivity index (χ1) is 10.9. The van der Waals surface area contributed by atoms with Crippen LogP contribution in [0.5, 0.6) is 0 Å². The third-order valence-electron chi connectivity index (χ3n) is 3.93. The molecule has 4 nitrogen and oxygen atoms in total. The van der Waals surface area contributed by atoms with E-state index in [-0.39, 0.29) is 0 Å². The summed E-state index contributed by atoms with van der Waals surface area (Å²) in [5.74, 6) is 0.935. The van der Waals surface area contributed by atoms with Gasteiger partial charge in [-0.15, -0.1) is 0 Å². The second-order valence-electron chi connectivity index (χ2n) is 5.72. The van der Waals surface area contributed by atoms with Crippen molar-refractivity contribution in [3.05, 3.63) is 22.8 Å². The first-order valence-corrected chi connectivity index (χ1v) is 7.84. The maximum Gasteiger partial charge on any atom is 0.401 e. The number of nitrogens with zero attached hydrogens (tertiary/aromatic N) is 3. The van der Waals surface area contributed by atoms with Crippen molar-refractivity contribution in [3.63, 3.8) is 0 Å². The third kappa shape index (κ3) is 5.88. The van der Waals surface area contributed by atoms with Gasteiger partial charge in [-0.2, -0.15) is 18.4 Å². The molecule has 0 saturated carbocycles. The van der Waals surface area contributed by atoms with Gasteiger partial charge in [-0.25, -0.2) is 4.98 Å². The Kier molecular flexibility index (Phi) is 6.08. The molecule has 1 fully saturated rings. The number of likely N-dealkylation sites (tertiary alicyclic amines) is 1. The smallest absolute Gasteiger partial charge is 0.369 e. The molecule has 0 radical (unpaired) electrons. The minimum absolute atomic E-state index is 0.393. The summed E-state index contributed by atoms with van der Waals surface area (Å²) >= 11 is 6.02. The number of alkyl halides is 3. The van der Waals surface area contributed by atoms with Crippen LogP contribution in [0.2, 0.25) is 5.02 Å². The van der Waals surface area contributed by atoms with Crippen LogP contribution in [0.15, 0.2) is 12.3 Å². The van der Waals surface area contributed by atoms with Gasteiger partial charge in [0.15, 0.2) is 0 Å². The van der Waals surface area contributed by atoms with Crippen molar-refractivity contribution in [2.75, 3.05) is 31.5 Å². The van der Waals surface area contributed by atoms with Gasteiger partial charge in [0.1, 0.15) is 11.9 Å². The molecular formula is C15H18ClF3N4. The summed E-state index contributed by atoms with van der Waals surface area (Å²) in [4.78, 5) is 5.55. The highest BCUT2D eigenvalue weighted by atomic mass is 35.5. The van der Waals surface area contributed by atoms with Crippen molar-refractivity contribution in [2.45, 2.75) is 25.4 Å².